The number of aryl methyl sites for hydroxylation is 2. The molecule has 30 heavy (non-hydrogen) atoms. The molecule has 0 fully saturated rings. The highest BCUT2D eigenvalue weighted by molar-refractivity contribution is 7.90. The highest BCUT2D eigenvalue weighted by Crippen LogP contribution is 2.34. The predicted octanol–water partition coefficient (Wildman–Crippen LogP) is 2.64. The van der Waals surface area contributed by atoms with Gasteiger partial charge in [-0.15, -0.1) is 0 Å². The smallest absolute Gasteiger partial charge is 0.269 e. The van der Waals surface area contributed by atoms with E-state index >= 15 is 4.39 Å². The SMILES string of the molecule is CCc1cc(C(C)S(C)(=O)=O)cc(F)c1N(C)c1cc2c(ncn2C)c(C(N)=O)n1. The van der Waals surface area contributed by atoms with Crippen molar-refractivity contribution in [1.82, 2.24) is 14.5 Å². The number of pyridine rings is 1. The topological polar surface area (TPSA) is 111 Å². The molecule has 1 unspecified atom stereocenters. The number of amides is 1. The number of anilines is 2. The van der Waals surface area contributed by atoms with Gasteiger partial charge in [0, 0.05) is 26.4 Å². The first-order valence-electron chi connectivity index (χ1n) is 9.32. The summed E-state index contributed by atoms with van der Waals surface area (Å²) in [4.78, 5) is 21.9. The van der Waals surface area contributed by atoms with Crippen LogP contribution in [0.1, 0.15) is 40.7 Å². The zero-order chi connectivity index (χ0) is 22.4. The van der Waals surface area contributed by atoms with Crippen LogP contribution in [-0.4, -0.2) is 42.2 Å². The molecule has 2 aromatic heterocycles. The van der Waals surface area contributed by atoms with Gasteiger partial charge in [0.15, 0.2) is 15.5 Å². The number of nitrogens with two attached hydrogens (primary N) is 1. The zero-order valence-electron chi connectivity index (χ0n) is 17.5. The quantitative estimate of drug-likeness (QED) is 0.640. The number of aromatic nitrogens is 3. The van der Waals surface area contributed by atoms with E-state index in [1.807, 2.05) is 6.92 Å². The van der Waals surface area contributed by atoms with Crippen LogP contribution in [0.4, 0.5) is 15.9 Å². The number of nitrogens with zero attached hydrogens (tertiary/aromatic N) is 4. The van der Waals surface area contributed by atoms with Gasteiger partial charge in [-0.3, -0.25) is 4.79 Å². The van der Waals surface area contributed by atoms with Crippen LogP contribution in [0, 0.1) is 5.82 Å². The van der Waals surface area contributed by atoms with Crippen molar-refractivity contribution in [3.63, 3.8) is 0 Å². The summed E-state index contributed by atoms with van der Waals surface area (Å²) in [5.41, 5.74) is 7.73. The third kappa shape index (κ3) is 3.74. The maximum Gasteiger partial charge on any atom is 0.269 e. The van der Waals surface area contributed by atoms with E-state index < -0.39 is 26.8 Å². The molecule has 160 valence electrons. The number of primary amides is 1. The molecular formula is C20H24FN5O3S. The number of halogens is 1. The lowest BCUT2D eigenvalue weighted by Crippen LogP contribution is -2.20. The average molecular weight is 434 g/mol. The van der Waals surface area contributed by atoms with E-state index in [9.17, 15) is 13.2 Å². The standard InChI is InChI=1S/C20H24FN5O3S/c1-6-12-7-13(11(2)30(5,28)29)8-14(21)19(12)26(4)16-9-15-17(23-10-25(15)3)18(24-16)20(22)27/h7-11H,6H2,1-5H3,(H2,22,27). The third-order valence-corrected chi connectivity index (χ3v) is 6.83. The molecular weight excluding hydrogens is 409 g/mol. The summed E-state index contributed by atoms with van der Waals surface area (Å²) in [7, 11) is 0.0243. The molecule has 8 nitrogen and oxygen atoms in total. The van der Waals surface area contributed by atoms with Crippen molar-refractivity contribution in [3.8, 4) is 0 Å². The Morgan fingerprint density at radius 2 is 2.00 bits per heavy atom. The van der Waals surface area contributed by atoms with E-state index in [0.717, 1.165) is 6.26 Å². The van der Waals surface area contributed by atoms with Gasteiger partial charge in [0.25, 0.3) is 5.91 Å². The van der Waals surface area contributed by atoms with Gasteiger partial charge in [-0.1, -0.05) is 13.0 Å². The zero-order valence-corrected chi connectivity index (χ0v) is 18.3. The number of imidazole rings is 1. The Balaban J connectivity index is 2.19. The molecule has 10 heteroatoms. The van der Waals surface area contributed by atoms with Gasteiger partial charge in [-0.05, 0) is 30.5 Å². The van der Waals surface area contributed by atoms with Crippen molar-refractivity contribution in [2.75, 3.05) is 18.2 Å². The van der Waals surface area contributed by atoms with E-state index in [1.165, 1.54) is 17.9 Å². The van der Waals surface area contributed by atoms with Crippen LogP contribution < -0.4 is 10.6 Å². The van der Waals surface area contributed by atoms with Gasteiger partial charge in [-0.25, -0.2) is 22.8 Å². The van der Waals surface area contributed by atoms with Crippen molar-refractivity contribution in [1.29, 1.82) is 0 Å². The highest BCUT2D eigenvalue weighted by atomic mass is 32.2. The van der Waals surface area contributed by atoms with E-state index in [1.54, 1.807) is 37.1 Å². The van der Waals surface area contributed by atoms with Crippen LogP contribution in [0.25, 0.3) is 11.0 Å². The monoisotopic (exact) mass is 433 g/mol. The maximum absolute atomic E-state index is 15.2. The van der Waals surface area contributed by atoms with Gasteiger partial charge >= 0.3 is 0 Å². The molecule has 1 aromatic carbocycles. The first kappa shape index (κ1) is 21.7. The van der Waals surface area contributed by atoms with Gasteiger partial charge < -0.3 is 15.2 Å². The number of carbonyl (C=O) groups excluding carboxylic acids is 1. The summed E-state index contributed by atoms with van der Waals surface area (Å²) in [6.45, 7) is 3.39. The van der Waals surface area contributed by atoms with Crippen molar-refractivity contribution >= 4 is 38.3 Å². The number of benzene rings is 1. The number of rotatable bonds is 6. The second kappa shape index (κ2) is 7.67. The minimum Gasteiger partial charge on any atom is -0.364 e. The van der Waals surface area contributed by atoms with Crippen LogP contribution in [-0.2, 0) is 23.3 Å². The third-order valence-electron chi connectivity index (χ3n) is 5.27. The molecule has 0 bridgehead atoms. The lowest BCUT2D eigenvalue weighted by Gasteiger charge is -2.24. The fraction of sp³-hybridized carbons (Fsp3) is 0.350. The predicted molar refractivity (Wildman–Crippen MR) is 114 cm³/mol. The molecule has 0 spiro atoms. The van der Waals surface area contributed by atoms with E-state index in [0.29, 0.717) is 34.4 Å². The Morgan fingerprint density at radius 1 is 1.33 bits per heavy atom. The van der Waals surface area contributed by atoms with Crippen molar-refractivity contribution < 1.29 is 17.6 Å². The Labute approximate surface area is 174 Å². The Bertz CT molecular complexity index is 1250. The summed E-state index contributed by atoms with van der Waals surface area (Å²) in [6, 6.07) is 4.62. The minimum absolute atomic E-state index is 0.00396. The van der Waals surface area contributed by atoms with Crippen LogP contribution in [0.5, 0.6) is 0 Å². The lowest BCUT2D eigenvalue weighted by molar-refractivity contribution is 0.0997. The summed E-state index contributed by atoms with van der Waals surface area (Å²) in [6.07, 6.45) is 3.14. The Hall–Kier alpha value is -3.01. The molecule has 0 aliphatic heterocycles. The van der Waals surface area contributed by atoms with E-state index in [2.05, 4.69) is 9.97 Å². The van der Waals surface area contributed by atoms with E-state index in [-0.39, 0.29) is 11.4 Å². The number of carbonyl (C=O) groups is 1. The summed E-state index contributed by atoms with van der Waals surface area (Å²) in [5, 5.41) is -0.831. The van der Waals surface area contributed by atoms with Gasteiger partial charge in [0.1, 0.15) is 17.2 Å². The first-order valence-corrected chi connectivity index (χ1v) is 11.3. The maximum atomic E-state index is 15.2. The number of sulfone groups is 1. The number of fused-ring (bicyclic) bond motifs is 1. The molecule has 3 aromatic rings. The molecule has 0 aliphatic carbocycles. The highest BCUT2D eigenvalue weighted by Gasteiger charge is 2.24. The number of hydrogen-bond donors (Lipinski definition) is 1. The van der Waals surface area contributed by atoms with Crippen LogP contribution in [0.3, 0.4) is 0 Å². The molecule has 1 atom stereocenters. The summed E-state index contributed by atoms with van der Waals surface area (Å²) in [5.74, 6) is -0.991. The van der Waals surface area contributed by atoms with Crippen molar-refractivity contribution in [2.24, 2.45) is 12.8 Å². The normalized spacial score (nSPS) is 12.9. The second-order valence-corrected chi connectivity index (χ2v) is 9.68. The van der Waals surface area contributed by atoms with Gasteiger partial charge in [0.2, 0.25) is 0 Å². The van der Waals surface area contributed by atoms with E-state index in [4.69, 9.17) is 5.73 Å². The fourth-order valence-corrected chi connectivity index (χ4v) is 4.01. The lowest BCUT2D eigenvalue weighted by atomic mass is 10.0. The molecule has 3 rings (SSSR count). The molecule has 0 radical (unpaired) electrons. The van der Waals surface area contributed by atoms with Crippen LogP contribution in [0.15, 0.2) is 24.5 Å². The number of hydrogen-bond acceptors (Lipinski definition) is 6. The van der Waals surface area contributed by atoms with Crippen molar-refractivity contribution in [2.45, 2.75) is 25.5 Å². The molecule has 2 N–H and O–H groups in total. The molecule has 1 amide bonds. The first-order chi connectivity index (χ1) is 14.0. The summed E-state index contributed by atoms with van der Waals surface area (Å²) < 4.78 is 40.8. The summed E-state index contributed by atoms with van der Waals surface area (Å²) >= 11 is 0. The Kier molecular flexibility index (Phi) is 5.55. The molecule has 0 saturated carbocycles. The molecule has 2 heterocycles. The molecule has 0 aliphatic rings. The van der Waals surface area contributed by atoms with Gasteiger partial charge in [-0.2, -0.15) is 0 Å². The average Bonchev–Trinajstić information content (AvgIpc) is 3.05. The van der Waals surface area contributed by atoms with Crippen LogP contribution in [0.2, 0.25) is 0 Å². The Morgan fingerprint density at radius 3 is 2.57 bits per heavy atom. The minimum atomic E-state index is -3.37. The molecule has 0 saturated heterocycles. The van der Waals surface area contributed by atoms with Crippen LogP contribution >= 0.6 is 0 Å². The van der Waals surface area contributed by atoms with Gasteiger partial charge in [0.05, 0.1) is 22.8 Å². The second-order valence-electron chi connectivity index (χ2n) is 7.31. The largest absolute Gasteiger partial charge is 0.364 e. The van der Waals surface area contributed by atoms with Crippen molar-refractivity contribution in [3.05, 3.63) is 47.2 Å². The fourth-order valence-electron chi connectivity index (χ4n) is 3.38.